The van der Waals surface area contributed by atoms with Crippen LogP contribution in [0.1, 0.15) is 42.1 Å². The minimum atomic E-state index is -0.483. The van der Waals surface area contributed by atoms with Crippen LogP contribution in [0.15, 0.2) is 18.2 Å². The van der Waals surface area contributed by atoms with Crippen LogP contribution in [0.2, 0.25) is 0 Å². The largest absolute Gasteiger partial charge is 0.469 e. The number of carbonyl (C=O) groups is 3. The highest BCUT2D eigenvalue weighted by atomic mass is 16.7. The van der Waals surface area contributed by atoms with Gasteiger partial charge in [0, 0.05) is 24.1 Å². The van der Waals surface area contributed by atoms with E-state index in [4.69, 9.17) is 4.84 Å². The van der Waals surface area contributed by atoms with Crippen LogP contribution in [-0.2, 0) is 14.3 Å². The van der Waals surface area contributed by atoms with E-state index in [1.807, 2.05) is 0 Å². The van der Waals surface area contributed by atoms with Gasteiger partial charge in [0.05, 0.1) is 19.4 Å². The molecule has 0 aliphatic carbocycles. The third-order valence-electron chi connectivity index (χ3n) is 3.82. The normalized spacial score (nSPS) is 18.3. The van der Waals surface area contributed by atoms with Crippen LogP contribution in [-0.4, -0.2) is 36.9 Å². The molecule has 118 valence electrons. The van der Waals surface area contributed by atoms with Crippen LogP contribution in [0.3, 0.4) is 0 Å². The smallest absolute Gasteiger partial charge is 0.306 e. The molecule has 0 spiro atoms. The van der Waals surface area contributed by atoms with Gasteiger partial charge < -0.3 is 9.57 Å². The SMILES string of the molecule is COC(=O)CC(C)C(=O)c1ccc2c(c1)C(C)C(=O)N(C)O2. The number of fused-ring (bicyclic) bond motifs is 1. The van der Waals surface area contributed by atoms with Gasteiger partial charge in [-0.2, -0.15) is 5.06 Å². The van der Waals surface area contributed by atoms with Crippen LogP contribution in [0.5, 0.6) is 5.75 Å². The summed E-state index contributed by atoms with van der Waals surface area (Å²) in [5, 5.41) is 1.19. The van der Waals surface area contributed by atoms with Gasteiger partial charge in [-0.15, -0.1) is 0 Å². The Labute approximate surface area is 129 Å². The number of Topliss-reactive ketones (excluding diaryl/α,β-unsaturated/α-hetero) is 1. The van der Waals surface area contributed by atoms with Crippen molar-refractivity contribution >= 4 is 17.7 Å². The van der Waals surface area contributed by atoms with Crippen LogP contribution >= 0.6 is 0 Å². The van der Waals surface area contributed by atoms with E-state index in [2.05, 4.69) is 4.74 Å². The molecular weight excluding hydrogens is 286 g/mol. The molecule has 1 aliphatic rings. The molecule has 6 heteroatoms. The van der Waals surface area contributed by atoms with E-state index in [-0.39, 0.29) is 24.0 Å². The molecule has 0 saturated carbocycles. The number of carbonyl (C=O) groups excluding carboxylic acids is 3. The quantitative estimate of drug-likeness (QED) is 0.628. The average Bonchev–Trinajstić information content (AvgIpc) is 2.51. The highest BCUT2D eigenvalue weighted by Crippen LogP contribution is 2.34. The van der Waals surface area contributed by atoms with Gasteiger partial charge in [0.25, 0.3) is 5.91 Å². The number of hydrogen-bond donors (Lipinski definition) is 0. The monoisotopic (exact) mass is 305 g/mol. The molecule has 2 rings (SSSR count). The Morgan fingerprint density at radius 2 is 2.09 bits per heavy atom. The summed E-state index contributed by atoms with van der Waals surface area (Å²) >= 11 is 0. The number of ether oxygens (including phenoxy) is 1. The van der Waals surface area contributed by atoms with Crippen LogP contribution < -0.4 is 4.84 Å². The molecule has 0 fully saturated rings. The topological polar surface area (TPSA) is 72.9 Å². The third kappa shape index (κ3) is 2.95. The van der Waals surface area contributed by atoms with Gasteiger partial charge in [0.2, 0.25) is 0 Å². The second-order valence-corrected chi connectivity index (χ2v) is 5.45. The summed E-state index contributed by atoms with van der Waals surface area (Å²) in [6.45, 7) is 3.45. The highest BCUT2D eigenvalue weighted by molar-refractivity contribution is 6.00. The van der Waals surface area contributed by atoms with Gasteiger partial charge in [-0.05, 0) is 25.1 Å². The van der Waals surface area contributed by atoms with Gasteiger partial charge in [-0.1, -0.05) is 6.92 Å². The summed E-state index contributed by atoms with van der Waals surface area (Å²) in [7, 11) is 2.85. The van der Waals surface area contributed by atoms with Crippen molar-refractivity contribution in [2.75, 3.05) is 14.2 Å². The van der Waals surface area contributed by atoms with E-state index in [0.717, 1.165) is 0 Å². The lowest BCUT2D eigenvalue weighted by molar-refractivity contribution is -0.157. The standard InChI is InChI=1S/C16H19NO5/c1-9(7-14(18)21-4)15(19)11-5-6-13-12(8-11)10(2)16(20)17(3)22-13/h5-6,8-10H,7H2,1-4H3. The Hall–Kier alpha value is -2.37. The van der Waals surface area contributed by atoms with Crippen molar-refractivity contribution in [1.82, 2.24) is 5.06 Å². The number of hydrogen-bond acceptors (Lipinski definition) is 5. The van der Waals surface area contributed by atoms with Crippen molar-refractivity contribution in [3.05, 3.63) is 29.3 Å². The first-order valence-electron chi connectivity index (χ1n) is 7.05. The van der Waals surface area contributed by atoms with Crippen LogP contribution in [0, 0.1) is 5.92 Å². The first kappa shape index (κ1) is 16.0. The summed E-state index contributed by atoms with van der Waals surface area (Å²) < 4.78 is 4.58. The maximum absolute atomic E-state index is 12.4. The minimum absolute atomic E-state index is 0.0279. The summed E-state index contributed by atoms with van der Waals surface area (Å²) in [5.74, 6) is -1.05. The molecule has 1 heterocycles. The lowest BCUT2D eigenvalue weighted by atomic mass is 9.91. The lowest BCUT2D eigenvalue weighted by Crippen LogP contribution is -2.37. The Balaban J connectivity index is 2.26. The Kier molecular flexibility index (Phi) is 4.49. The predicted octanol–water partition coefficient (Wildman–Crippen LogP) is 1.94. The zero-order chi connectivity index (χ0) is 16.4. The highest BCUT2D eigenvalue weighted by Gasteiger charge is 2.31. The molecule has 2 unspecified atom stereocenters. The van der Waals surface area contributed by atoms with E-state index < -0.39 is 11.9 Å². The summed E-state index contributed by atoms with van der Waals surface area (Å²) in [6, 6.07) is 4.99. The second-order valence-electron chi connectivity index (χ2n) is 5.45. The molecule has 0 bridgehead atoms. The predicted molar refractivity (Wildman–Crippen MR) is 78.4 cm³/mol. The van der Waals surface area contributed by atoms with Gasteiger partial charge in [0.15, 0.2) is 11.5 Å². The van der Waals surface area contributed by atoms with Crippen LogP contribution in [0.4, 0.5) is 0 Å². The minimum Gasteiger partial charge on any atom is -0.469 e. The fraction of sp³-hybridized carbons (Fsp3) is 0.438. The van der Waals surface area contributed by atoms with E-state index in [0.29, 0.717) is 16.9 Å². The Morgan fingerprint density at radius 3 is 2.73 bits per heavy atom. The van der Waals surface area contributed by atoms with Crippen molar-refractivity contribution in [2.24, 2.45) is 5.92 Å². The van der Waals surface area contributed by atoms with Crippen molar-refractivity contribution < 1.29 is 24.0 Å². The van der Waals surface area contributed by atoms with E-state index in [1.54, 1.807) is 39.1 Å². The number of esters is 1. The third-order valence-corrected chi connectivity index (χ3v) is 3.82. The first-order chi connectivity index (χ1) is 10.3. The molecule has 0 saturated heterocycles. The number of nitrogens with zero attached hydrogens (tertiary/aromatic N) is 1. The molecule has 0 aromatic heterocycles. The van der Waals surface area contributed by atoms with Gasteiger partial charge in [-0.3, -0.25) is 14.4 Å². The molecule has 22 heavy (non-hydrogen) atoms. The summed E-state index contributed by atoms with van der Waals surface area (Å²) in [6.07, 6.45) is 0.0279. The van der Waals surface area contributed by atoms with E-state index >= 15 is 0 Å². The fourth-order valence-electron chi connectivity index (χ4n) is 2.43. The Bertz CT molecular complexity index is 625. The molecule has 6 nitrogen and oxygen atoms in total. The molecular formula is C16H19NO5. The van der Waals surface area contributed by atoms with Gasteiger partial charge in [-0.25, -0.2) is 0 Å². The van der Waals surface area contributed by atoms with Gasteiger partial charge in [0.1, 0.15) is 0 Å². The summed E-state index contributed by atoms with van der Waals surface area (Å²) in [4.78, 5) is 41.0. The van der Waals surface area contributed by atoms with Crippen molar-refractivity contribution in [2.45, 2.75) is 26.2 Å². The molecule has 1 aromatic rings. The molecule has 1 aliphatic heterocycles. The fourth-order valence-corrected chi connectivity index (χ4v) is 2.43. The van der Waals surface area contributed by atoms with Crippen molar-refractivity contribution in [1.29, 1.82) is 0 Å². The van der Waals surface area contributed by atoms with Gasteiger partial charge >= 0.3 is 5.97 Å². The second kappa shape index (κ2) is 6.17. The molecule has 1 amide bonds. The first-order valence-corrected chi connectivity index (χ1v) is 7.05. The van der Waals surface area contributed by atoms with E-state index in [1.165, 1.54) is 12.2 Å². The van der Waals surface area contributed by atoms with Crippen LogP contribution in [0.25, 0.3) is 0 Å². The zero-order valence-electron chi connectivity index (χ0n) is 13.1. The van der Waals surface area contributed by atoms with E-state index in [9.17, 15) is 14.4 Å². The Morgan fingerprint density at radius 1 is 1.41 bits per heavy atom. The molecule has 2 atom stereocenters. The number of ketones is 1. The van der Waals surface area contributed by atoms with Crippen molar-refractivity contribution in [3.63, 3.8) is 0 Å². The maximum atomic E-state index is 12.4. The molecule has 0 N–H and O–H groups in total. The number of likely N-dealkylation sites (N-methyl/N-ethyl adjacent to an activating group) is 1. The average molecular weight is 305 g/mol. The van der Waals surface area contributed by atoms with Crippen molar-refractivity contribution in [3.8, 4) is 5.75 Å². The number of methoxy groups -OCH3 is 1. The number of rotatable bonds is 4. The number of benzene rings is 1. The molecule has 0 radical (unpaired) electrons. The molecule has 1 aromatic carbocycles. The number of hydroxylamine groups is 2. The summed E-state index contributed by atoms with van der Waals surface area (Å²) in [5.41, 5.74) is 1.14. The number of amides is 1. The zero-order valence-corrected chi connectivity index (χ0v) is 13.1. The maximum Gasteiger partial charge on any atom is 0.306 e. The lowest BCUT2D eigenvalue weighted by Gasteiger charge is -2.29.